The Labute approximate surface area is 175 Å². The van der Waals surface area contributed by atoms with Crippen molar-refractivity contribution in [2.24, 2.45) is 0 Å². The molecule has 0 N–H and O–H groups in total. The maximum absolute atomic E-state index is 12.9. The van der Waals surface area contributed by atoms with E-state index in [0.717, 1.165) is 35.5 Å². The van der Waals surface area contributed by atoms with Gasteiger partial charge in [-0.2, -0.15) is 4.98 Å². The fourth-order valence-electron chi connectivity index (χ4n) is 3.84. The third-order valence-corrected chi connectivity index (χ3v) is 5.45. The van der Waals surface area contributed by atoms with Gasteiger partial charge in [0.15, 0.2) is 0 Å². The lowest BCUT2D eigenvalue weighted by Crippen LogP contribution is -2.30. The summed E-state index contributed by atoms with van der Waals surface area (Å²) in [5.74, 6) is 2.67. The van der Waals surface area contributed by atoms with E-state index in [2.05, 4.69) is 10.1 Å². The Morgan fingerprint density at radius 3 is 2.70 bits per heavy atom. The first-order valence-corrected chi connectivity index (χ1v) is 10.1. The summed E-state index contributed by atoms with van der Waals surface area (Å²) in [7, 11) is 3.27. The van der Waals surface area contributed by atoms with Crippen molar-refractivity contribution in [3.63, 3.8) is 0 Å². The minimum absolute atomic E-state index is 0.0904. The van der Waals surface area contributed by atoms with E-state index in [4.69, 9.17) is 14.0 Å². The Balaban J connectivity index is 1.44. The first kappa shape index (κ1) is 19.9. The summed E-state index contributed by atoms with van der Waals surface area (Å²) in [5, 5.41) is 4.12. The van der Waals surface area contributed by atoms with Crippen molar-refractivity contribution in [2.45, 2.75) is 31.7 Å². The maximum atomic E-state index is 12.9. The van der Waals surface area contributed by atoms with Crippen LogP contribution < -0.4 is 9.47 Å². The number of ether oxygens (including phenoxy) is 2. The van der Waals surface area contributed by atoms with E-state index >= 15 is 0 Å². The summed E-state index contributed by atoms with van der Waals surface area (Å²) in [6, 6.07) is 15.1. The van der Waals surface area contributed by atoms with Crippen LogP contribution in [0.25, 0.3) is 11.4 Å². The van der Waals surface area contributed by atoms with Crippen molar-refractivity contribution in [3.05, 3.63) is 60.0 Å². The number of aryl methyl sites for hydroxylation is 1. The number of amides is 1. The van der Waals surface area contributed by atoms with Crippen molar-refractivity contribution in [3.8, 4) is 22.9 Å². The summed E-state index contributed by atoms with van der Waals surface area (Å²) in [6.07, 6.45) is 2.79. The normalized spacial score (nSPS) is 15.9. The fraction of sp³-hybridized carbons (Fsp3) is 0.348. The van der Waals surface area contributed by atoms with E-state index in [1.807, 2.05) is 53.4 Å². The van der Waals surface area contributed by atoms with Crippen LogP contribution in [0.15, 0.2) is 53.1 Å². The topological polar surface area (TPSA) is 77.7 Å². The molecule has 2 aromatic carbocycles. The number of aromatic nitrogens is 2. The minimum atomic E-state index is -0.172. The average molecular weight is 407 g/mol. The van der Waals surface area contributed by atoms with Gasteiger partial charge in [0, 0.05) is 18.5 Å². The molecule has 1 aliphatic heterocycles. The Morgan fingerprint density at radius 1 is 1.13 bits per heavy atom. The van der Waals surface area contributed by atoms with Gasteiger partial charge in [0.05, 0.1) is 14.2 Å². The Bertz CT molecular complexity index is 1000. The lowest BCUT2D eigenvalue weighted by atomic mass is 10.1. The quantitative estimate of drug-likeness (QED) is 0.588. The van der Waals surface area contributed by atoms with Crippen molar-refractivity contribution in [2.75, 3.05) is 20.8 Å². The molecule has 0 spiro atoms. The van der Waals surface area contributed by atoms with E-state index in [9.17, 15) is 4.79 Å². The molecule has 1 amide bonds. The van der Waals surface area contributed by atoms with Gasteiger partial charge < -0.3 is 18.9 Å². The van der Waals surface area contributed by atoms with E-state index in [-0.39, 0.29) is 11.9 Å². The van der Waals surface area contributed by atoms with Gasteiger partial charge in [0.25, 0.3) is 0 Å². The molecule has 7 heteroatoms. The van der Waals surface area contributed by atoms with Crippen molar-refractivity contribution < 1.29 is 18.8 Å². The number of carbonyl (C=O) groups excluding carboxylic acids is 1. The van der Waals surface area contributed by atoms with Crippen LogP contribution in [0.2, 0.25) is 0 Å². The molecule has 0 saturated carbocycles. The molecule has 4 rings (SSSR count). The number of rotatable bonds is 7. The molecule has 2 heterocycles. The van der Waals surface area contributed by atoms with E-state index < -0.39 is 0 Å². The number of methoxy groups -OCH3 is 2. The highest BCUT2D eigenvalue weighted by molar-refractivity contribution is 5.77. The number of carbonyl (C=O) groups is 1. The molecular weight excluding hydrogens is 382 g/mol. The van der Waals surface area contributed by atoms with Crippen LogP contribution in [0.3, 0.4) is 0 Å². The van der Waals surface area contributed by atoms with Gasteiger partial charge in [0.1, 0.15) is 17.5 Å². The molecule has 0 unspecified atom stereocenters. The summed E-state index contributed by atoms with van der Waals surface area (Å²) >= 11 is 0. The van der Waals surface area contributed by atoms with Crippen molar-refractivity contribution in [1.29, 1.82) is 0 Å². The zero-order valence-electron chi connectivity index (χ0n) is 17.2. The molecular formula is C23H25N3O4. The molecule has 1 saturated heterocycles. The zero-order valence-corrected chi connectivity index (χ0v) is 17.2. The third-order valence-electron chi connectivity index (χ3n) is 5.45. The molecule has 1 fully saturated rings. The largest absolute Gasteiger partial charge is 0.497 e. The van der Waals surface area contributed by atoms with Crippen LogP contribution in [-0.4, -0.2) is 41.7 Å². The molecule has 30 heavy (non-hydrogen) atoms. The summed E-state index contributed by atoms with van der Waals surface area (Å²) in [5.41, 5.74) is 1.88. The van der Waals surface area contributed by atoms with Gasteiger partial charge in [-0.15, -0.1) is 0 Å². The molecule has 0 radical (unpaired) electrons. The highest BCUT2D eigenvalue weighted by Gasteiger charge is 2.33. The SMILES string of the molecule is COc1ccc(-c2noc([C@@H]3CCCN3C(=O)CCc3ccccc3OC)n2)cc1. The monoisotopic (exact) mass is 407 g/mol. The Hall–Kier alpha value is -3.35. The smallest absolute Gasteiger partial charge is 0.249 e. The van der Waals surface area contributed by atoms with Crippen molar-refractivity contribution in [1.82, 2.24) is 15.0 Å². The Morgan fingerprint density at radius 2 is 1.93 bits per heavy atom. The second-order valence-electron chi connectivity index (χ2n) is 7.24. The first-order chi connectivity index (χ1) is 14.7. The number of likely N-dealkylation sites (tertiary alicyclic amines) is 1. The average Bonchev–Trinajstić information content (AvgIpc) is 3.47. The van der Waals surface area contributed by atoms with Crippen LogP contribution >= 0.6 is 0 Å². The van der Waals surface area contributed by atoms with Crippen LogP contribution in [-0.2, 0) is 11.2 Å². The van der Waals surface area contributed by atoms with Gasteiger partial charge in [-0.25, -0.2) is 0 Å². The van der Waals surface area contributed by atoms with Crippen molar-refractivity contribution >= 4 is 5.91 Å². The number of hydrogen-bond acceptors (Lipinski definition) is 6. The van der Waals surface area contributed by atoms with Gasteiger partial charge in [-0.05, 0) is 55.2 Å². The second-order valence-corrected chi connectivity index (χ2v) is 7.24. The number of hydrogen-bond donors (Lipinski definition) is 0. The minimum Gasteiger partial charge on any atom is -0.497 e. The van der Waals surface area contributed by atoms with Crippen LogP contribution in [0.4, 0.5) is 0 Å². The number of nitrogens with zero attached hydrogens (tertiary/aromatic N) is 3. The standard InChI is InChI=1S/C23H25N3O4/c1-28-18-12-9-17(10-13-18)22-24-23(30-25-22)19-7-5-15-26(19)21(27)14-11-16-6-3-4-8-20(16)29-2/h3-4,6,8-10,12-13,19H,5,7,11,14-15H2,1-2H3/t19-/m0/s1. The molecule has 1 aliphatic rings. The predicted octanol–water partition coefficient (Wildman–Crippen LogP) is 4.05. The molecule has 1 atom stereocenters. The van der Waals surface area contributed by atoms with Gasteiger partial charge in [-0.3, -0.25) is 4.79 Å². The van der Waals surface area contributed by atoms with Gasteiger partial charge in [0.2, 0.25) is 17.6 Å². The third kappa shape index (κ3) is 4.15. The van der Waals surface area contributed by atoms with Gasteiger partial charge >= 0.3 is 0 Å². The predicted molar refractivity (Wildman–Crippen MR) is 111 cm³/mol. The van der Waals surface area contributed by atoms with Crippen LogP contribution in [0, 0.1) is 0 Å². The summed E-state index contributed by atoms with van der Waals surface area (Å²) in [6.45, 7) is 0.704. The van der Waals surface area contributed by atoms with Crippen LogP contribution in [0.1, 0.15) is 36.8 Å². The Kier molecular flexibility index (Phi) is 5.97. The number of benzene rings is 2. The van der Waals surface area contributed by atoms with E-state index in [1.54, 1.807) is 14.2 Å². The molecule has 3 aromatic rings. The second kappa shape index (κ2) is 8.98. The maximum Gasteiger partial charge on any atom is 0.249 e. The van der Waals surface area contributed by atoms with Crippen LogP contribution in [0.5, 0.6) is 11.5 Å². The highest BCUT2D eigenvalue weighted by Crippen LogP contribution is 2.33. The number of para-hydroxylation sites is 1. The molecule has 156 valence electrons. The summed E-state index contributed by atoms with van der Waals surface area (Å²) < 4.78 is 16.1. The van der Waals surface area contributed by atoms with E-state index in [0.29, 0.717) is 31.1 Å². The molecule has 7 nitrogen and oxygen atoms in total. The zero-order chi connectivity index (χ0) is 20.9. The van der Waals surface area contributed by atoms with E-state index in [1.165, 1.54) is 0 Å². The molecule has 1 aromatic heterocycles. The molecule has 0 aliphatic carbocycles. The van der Waals surface area contributed by atoms with Gasteiger partial charge in [-0.1, -0.05) is 23.4 Å². The lowest BCUT2D eigenvalue weighted by molar-refractivity contribution is -0.132. The summed E-state index contributed by atoms with van der Waals surface area (Å²) in [4.78, 5) is 19.4. The lowest BCUT2D eigenvalue weighted by Gasteiger charge is -2.22. The molecule has 0 bridgehead atoms. The fourth-order valence-corrected chi connectivity index (χ4v) is 3.84. The first-order valence-electron chi connectivity index (χ1n) is 10.1. The highest BCUT2D eigenvalue weighted by atomic mass is 16.5.